The molecule has 2 heterocycles. The van der Waals surface area contributed by atoms with Gasteiger partial charge in [-0.15, -0.1) is 0 Å². The molecule has 2 atom stereocenters. The van der Waals surface area contributed by atoms with E-state index in [1.54, 1.807) is 6.92 Å². The maximum Gasteiger partial charge on any atom is 0.433 e. The van der Waals surface area contributed by atoms with Gasteiger partial charge in [-0.05, 0) is 37.6 Å². The van der Waals surface area contributed by atoms with Crippen molar-refractivity contribution < 1.29 is 17.4 Å². The van der Waals surface area contributed by atoms with Crippen molar-refractivity contribution in [2.24, 2.45) is 4.36 Å². The fraction of sp³-hybridized carbons (Fsp3) is 0.263. The van der Waals surface area contributed by atoms with Gasteiger partial charge in [0.25, 0.3) is 0 Å². The van der Waals surface area contributed by atoms with Crippen molar-refractivity contribution in [3.8, 4) is 11.3 Å². The first-order valence-electron chi connectivity index (χ1n) is 8.45. The summed E-state index contributed by atoms with van der Waals surface area (Å²) in [5, 5.41) is -0.239. The Hall–Kier alpha value is -1.78. The Morgan fingerprint density at radius 3 is 2.38 bits per heavy atom. The summed E-state index contributed by atoms with van der Waals surface area (Å²) in [4.78, 5) is 8.89. The molecule has 0 radical (unpaired) electrons. The third kappa shape index (κ3) is 5.04. The summed E-state index contributed by atoms with van der Waals surface area (Å²) in [5.41, 5.74) is 1.13. The summed E-state index contributed by atoms with van der Waals surface area (Å²) >= 11 is 4.72. The first kappa shape index (κ1) is 21.9. The van der Waals surface area contributed by atoms with Crippen LogP contribution in [-0.4, -0.2) is 20.4 Å². The number of thiazole rings is 1. The molecule has 0 aliphatic carbocycles. The van der Waals surface area contributed by atoms with E-state index in [0.29, 0.717) is 10.7 Å². The second-order valence-corrected chi connectivity index (χ2v) is 11.2. The molecular weight excluding hydrogens is 487 g/mol. The zero-order valence-electron chi connectivity index (χ0n) is 15.7. The van der Waals surface area contributed by atoms with Crippen LogP contribution in [0.2, 0.25) is 0 Å². The van der Waals surface area contributed by atoms with E-state index >= 15 is 0 Å². The highest BCUT2D eigenvalue weighted by atomic mass is 79.9. The lowest BCUT2D eigenvalue weighted by atomic mass is 10.1. The molecule has 0 amide bonds. The van der Waals surface area contributed by atoms with E-state index in [9.17, 15) is 17.4 Å². The molecule has 0 aliphatic rings. The molecular formula is C19H17BrF3N3OS2. The van der Waals surface area contributed by atoms with Crippen LogP contribution in [0.5, 0.6) is 0 Å². The first-order valence-corrected chi connectivity index (χ1v) is 12.0. The second kappa shape index (κ2) is 8.16. The SMILES string of the molecule is Cc1sc(N=S(C)(=O)C(C)c2ccc(C(F)(F)F)nc2)nc1-c1ccc(Br)cc1. The predicted molar refractivity (Wildman–Crippen MR) is 114 cm³/mol. The first-order chi connectivity index (χ1) is 13.5. The van der Waals surface area contributed by atoms with Crippen molar-refractivity contribution in [3.63, 3.8) is 0 Å². The molecule has 4 nitrogen and oxygen atoms in total. The topological polar surface area (TPSA) is 55.2 Å². The van der Waals surface area contributed by atoms with Gasteiger partial charge in [-0.2, -0.15) is 17.5 Å². The number of aryl methyl sites for hydroxylation is 1. The van der Waals surface area contributed by atoms with Crippen LogP contribution in [0.1, 0.15) is 28.3 Å². The van der Waals surface area contributed by atoms with Crippen molar-refractivity contribution in [2.45, 2.75) is 25.3 Å². The number of halogens is 4. The maximum absolute atomic E-state index is 13.2. The van der Waals surface area contributed by atoms with Crippen molar-refractivity contribution in [1.29, 1.82) is 0 Å². The van der Waals surface area contributed by atoms with Crippen LogP contribution >= 0.6 is 27.3 Å². The standard InChI is InChI=1S/C19H17BrF3N3OS2/c1-11-17(13-4-7-15(20)8-5-13)25-18(28-11)26-29(3,27)12(2)14-6-9-16(24-10-14)19(21,22)23/h4-10,12H,1-3H3. The third-order valence-corrected chi connectivity index (χ3v) is 7.99. The second-order valence-electron chi connectivity index (χ2n) is 6.48. The molecule has 2 aromatic heterocycles. The van der Waals surface area contributed by atoms with Gasteiger partial charge in [0.15, 0.2) is 0 Å². The molecule has 0 aliphatic heterocycles. The minimum Gasteiger partial charge on any atom is -0.251 e. The van der Waals surface area contributed by atoms with Gasteiger partial charge in [-0.25, -0.2) is 9.19 Å². The smallest absolute Gasteiger partial charge is 0.251 e. The van der Waals surface area contributed by atoms with Crippen LogP contribution < -0.4 is 0 Å². The number of hydrogen-bond acceptors (Lipinski definition) is 5. The third-order valence-electron chi connectivity index (χ3n) is 4.36. The molecule has 0 spiro atoms. The van der Waals surface area contributed by atoms with Crippen molar-refractivity contribution in [1.82, 2.24) is 9.97 Å². The fourth-order valence-corrected chi connectivity index (χ4v) is 5.28. The van der Waals surface area contributed by atoms with Crippen LogP contribution in [0.25, 0.3) is 11.3 Å². The van der Waals surface area contributed by atoms with E-state index in [0.717, 1.165) is 32.9 Å². The monoisotopic (exact) mass is 503 g/mol. The average molecular weight is 504 g/mol. The largest absolute Gasteiger partial charge is 0.433 e. The minimum atomic E-state index is -4.51. The highest BCUT2D eigenvalue weighted by molar-refractivity contribution is 9.10. The predicted octanol–water partition coefficient (Wildman–Crippen LogP) is 6.79. The van der Waals surface area contributed by atoms with Crippen LogP contribution in [0, 0.1) is 6.92 Å². The van der Waals surface area contributed by atoms with E-state index < -0.39 is 26.8 Å². The summed E-state index contributed by atoms with van der Waals surface area (Å²) in [7, 11) is -2.81. The number of pyridine rings is 1. The van der Waals surface area contributed by atoms with Gasteiger partial charge < -0.3 is 0 Å². The van der Waals surface area contributed by atoms with Gasteiger partial charge in [0.2, 0.25) is 5.13 Å². The minimum absolute atomic E-state index is 0.375. The van der Waals surface area contributed by atoms with Gasteiger partial charge in [-0.3, -0.25) is 4.98 Å². The Balaban J connectivity index is 1.92. The lowest BCUT2D eigenvalue weighted by molar-refractivity contribution is -0.141. The molecule has 1 aromatic carbocycles. The Morgan fingerprint density at radius 2 is 1.83 bits per heavy atom. The van der Waals surface area contributed by atoms with Crippen LogP contribution in [0.3, 0.4) is 0 Å². The van der Waals surface area contributed by atoms with E-state index in [2.05, 4.69) is 30.3 Å². The van der Waals surface area contributed by atoms with Crippen molar-refractivity contribution >= 4 is 42.1 Å². The molecule has 0 bridgehead atoms. The lowest BCUT2D eigenvalue weighted by Crippen LogP contribution is -2.11. The maximum atomic E-state index is 13.2. The summed E-state index contributed by atoms with van der Waals surface area (Å²) < 4.78 is 56.6. The summed E-state index contributed by atoms with van der Waals surface area (Å²) in [6.07, 6.45) is -1.93. The van der Waals surface area contributed by atoms with Crippen LogP contribution in [0.4, 0.5) is 18.3 Å². The van der Waals surface area contributed by atoms with Gasteiger partial charge in [0.1, 0.15) is 5.69 Å². The van der Waals surface area contributed by atoms with Crippen molar-refractivity contribution in [2.75, 3.05) is 6.26 Å². The number of nitrogens with zero attached hydrogens (tertiary/aromatic N) is 3. The van der Waals surface area contributed by atoms with Gasteiger partial charge >= 0.3 is 6.18 Å². The Bertz CT molecular complexity index is 1130. The van der Waals surface area contributed by atoms with Gasteiger partial charge in [-0.1, -0.05) is 45.5 Å². The lowest BCUT2D eigenvalue weighted by Gasteiger charge is -2.14. The Kier molecular flexibility index (Phi) is 6.16. The highest BCUT2D eigenvalue weighted by Gasteiger charge is 2.32. The molecule has 10 heteroatoms. The molecule has 0 saturated heterocycles. The van der Waals surface area contributed by atoms with Gasteiger partial charge in [0, 0.05) is 27.4 Å². The molecule has 2 unspecified atom stereocenters. The number of alkyl halides is 3. The molecule has 3 aromatic rings. The van der Waals surface area contributed by atoms with Gasteiger partial charge in [0.05, 0.1) is 20.7 Å². The number of aromatic nitrogens is 2. The highest BCUT2D eigenvalue weighted by Crippen LogP contribution is 2.35. The molecule has 154 valence electrons. The summed E-state index contributed by atoms with van der Waals surface area (Å²) in [6, 6.07) is 9.85. The van der Waals surface area contributed by atoms with Crippen molar-refractivity contribution in [3.05, 3.63) is 63.2 Å². The zero-order valence-corrected chi connectivity index (χ0v) is 18.9. The molecule has 0 fully saturated rings. The van der Waals surface area contributed by atoms with E-state index in [1.165, 1.54) is 23.7 Å². The summed E-state index contributed by atoms with van der Waals surface area (Å²) in [5.74, 6) is 0. The molecule has 0 N–H and O–H groups in total. The normalized spacial score (nSPS) is 15.0. The Labute approximate surface area is 179 Å². The van der Waals surface area contributed by atoms with Crippen LogP contribution in [0.15, 0.2) is 51.4 Å². The molecule has 3 rings (SSSR count). The zero-order chi connectivity index (χ0) is 21.4. The van der Waals surface area contributed by atoms with E-state index in [4.69, 9.17) is 0 Å². The Morgan fingerprint density at radius 1 is 1.17 bits per heavy atom. The number of hydrogen-bond donors (Lipinski definition) is 0. The number of benzene rings is 1. The van der Waals surface area contributed by atoms with E-state index in [-0.39, 0.29) is 0 Å². The quantitative estimate of drug-likeness (QED) is 0.393. The fourth-order valence-electron chi connectivity index (χ4n) is 2.60. The van der Waals surface area contributed by atoms with Crippen LogP contribution in [-0.2, 0) is 15.9 Å². The molecule has 0 saturated carbocycles. The molecule has 29 heavy (non-hydrogen) atoms. The summed E-state index contributed by atoms with van der Waals surface area (Å²) in [6.45, 7) is 3.57. The average Bonchev–Trinajstić information content (AvgIpc) is 3.00. The van der Waals surface area contributed by atoms with E-state index in [1.807, 2.05) is 31.2 Å². The number of rotatable bonds is 4.